The van der Waals surface area contributed by atoms with Crippen molar-refractivity contribution < 1.29 is 9.53 Å². The summed E-state index contributed by atoms with van der Waals surface area (Å²) >= 11 is 8.29. The van der Waals surface area contributed by atoms with Crippen molar-refractivity contribution in [2.45, 2.75) is 50.7 Å². The third-order valence-electron chi connectivity index (χ3n) is 6.01. The normalized spacial score (nSPS) is 24.9. The van der Waals surface area contributed by atoms with Crippen LogP contribution in [-0.4, -0.2) is 65.5 Å². The van der Waals surface area contributed by atoms with Crippen LogP contribution >= 0.6 is 23.4 Å². The molecule has 3 saturated heterocycles. The highest BCUT2D eigenvalue weighted by Gasteiger charge is 2.29. The van der Waals surface area contributed by atoms with Gasteiger partial charge >= 0.3 is 0 Å². The summed E-state index contributed by atoms with van der Waals surface area (Å²) in [7, 11) is 0. The molecule has 3 fully saturated rings. The molecule has 148 valence electrons. The molecule has 1 aromatic carbocycles. The van der Waals surface area contributed by atoms with E-state index in [-0.39, 0.29) is 12.0 Å². The number of carbonyl (C=O) groups is 1. The third kappa shape index (κ3) is 4.75. The summed E-state index contributed by atoms with van der Waals surface area (Å²) in [6.07, 6.45) is 6.92. The highest BCUT2D eigenvalue weighted by atomic mass is 35.5. The van der Waals surface area contributed by atoms with Gasteiger partial charge in [-0.15, -0.1) is 0 Å². The number of thioether (sulfide) groups is 1. The number of hydrogen-bond acceptors (Lipinski definition) is 4. The van der Waals surface area contributed by atoms with E-state index in [1.807, 2.05) is 17.0 Å². The van der Waals surface area contributed by atoms with Crippen molar-refractivity contribution in [3.63, 3.8) is 0 Å². The predicted molar refractivity (Wildman–Crippen MR) is 112 cm³/mol. The monoisotopic (exact) mass is 408 g/mol. The van der Waals surface area contributed by atoms with Gasteiger partial charge in [-0.1, -0.05) is 11.6 Å². The Labute approximate surface area is 171 Å². The maximum Gasteiger partial charge on any atom is 0.257 e. The molecule has 4 rings (SSSR count). The zero-order chi connectivity index (χ0) is 18.6. The fourth-order valence-corrected chi connectivity index (χ4v) is 5.80. The first-order chi connectivity index (χ1) is 13.2. The second kappa shape index (κ2) is 9.06. The Morgan fingerprint density at radius 1 is 1.07 bits per heavy atom. The molecule has 0 N–H and O–H groups in total. The molecule has 6 heteroatoms. The minimum absolute atomic E-state index is 0.0850. The summed E-state index contributed by atoms with van der Waals surface area (Å²) in [6, 6.07) is 6.20. The molecule has 0 unspecified atom stereocenters. The predicted octanol–water partition coefficient (Wildman–Crippen LogP) is 4.31. The van der Waals surface area contributed by atoms with Crippen molar-refractivity contribution in [1.82, 2.24) is 9.80 Å². The van der Waals surface area contributed by atoms with Crippen LogP contribution in [0.1, 0.15) is 48.9 Å². The number of hydrogen-bond donors (Lipinski definition) is 0. The van der Waals surface area contributed by atoms with Crippen LogP contribution in [0.5, 0.6) is 5.75 Å². The van der Waals surface area contributed by atoms with Gasteiger partial charge in [-0.2, -0.15) is 11.8 Å². The van der Waals surface area contributed by atoms with E-state index in [1.165, 1.54) is 24.3 Å². The first-order valence-electron chi connectivity index (χ1n) is 10.3. The lowest BCUT2D eigenvalue weighted by Crippen LogP contribution is -2.44. The fraction of sp³-hybridized carbons (Fsp3) is 0.667. The molecule has 3 aliphatic heterocycles. The highest BCUT2D eigenvalue weighted by molar-refractivity contribution is 7.99. The smallest absolute Gasteiger partial charge is 0.257 e. The fourth-order valence-electron chi connectivity index (χ4n) is 4.39. The number of halogens is 1. The van der Waals surface area contributed by atoms with Gasteiger partial charge < -0.3 is 9.64 Å². The number of ether oxygens (including phenoxy) is 1. The minimum Gasteiger partial charge on any atom is -0.489 e. The van der Waals surface area contributed by atoms with Crippen molar-refractivity contribution in [3.05, 3.63) is 28.8 Å². The van der Waals surface area contributed by atoms with Crippen LogP contribution in [0, 0.1) is 0 Å². The number of benzene rings is 1. The van der Waals surface area contributed by atoms with E-state index in [2.05, 4.69) is 16.7 Å². The molecule has 0 aliphatic carbocycles. The van der Waals surface area contributed by atoms with Crippen molar-refractivity contribution >= 4 is 29.3 Å². The van der Waals surface area contributed by atoms with Crippen LogP contribution in [0.25, 0.3) is 0 Å². The Morgan fingerprint density at radius 3 is 2.56 bits per heavy atom. The van der Waals surface area contributed by atoms with Crippen LogP contribution in [-0.2, 0) is 0 Å². The van der Waals surface area contributed by atoms with E-state index in [4.69, 9.17) is 16.3 Å². The molecule has 0 radical (unpaired) electrons. The Morgan fingerprint density at radius 2 is 1.85 bits per heavy atom. The SMILES string of the molecule is O=C(c1ccc(Cl)cc1OC1CCN([C@H]2CCSC2)CC1)N1CCCCC1. The summed E-state index contributed by atoms with van der Waals surface area (Å²) in [5.74, 6) is 3.31. The van der Waals surface area contributed by atoms with Gasteiger partial charge in [0.25, 0.3) is 5.91 Å². The van der Waals surface area contributed by atoms with E-state index in [1.54, 1.807) is 6.07 Å². The zero-order valence-corrected chi connectivity index (χ0v) is 17.4. The van der Waals surface area contributed by atoms with Crippen molar-refractivity contribution in [1.29, 1.82) is 0 Å². The van der Waals surface area contributed by atoms with Gasteiger partial charge in [0.05, 0.1) is 5.56 Å². The molecule has 0 bridgehead atoms. The molecule has 1 amide bonds. The van der Waals surface area contributed by atoms with E-state index in [9.17, 15) is 4.79 Å². The molecule has 0 saturated carbocycles. The number of carbonyl (C=O) groups excluding carboxylic acids is 1. The van der Waals surface area contributed by atoms with Crippen molar-refractivity contribution in [2.24, 2.45) is 0 Å². The lowest BCUT2D eigenvalue weighted by Gasteiger charge is -2.36. The van der Waals surface area contributed by atoms with E-state index in [0.717, 1.165) is 57.9 Å². The molecule has 1 aromatic rings. The van der Waals surface area contributed by atoms with Gasteiger partial charge in [0.15, 0.2) is 0 Å². The molecule has 0 spiro atoms. The average molecular weight is 409 g/mol. The first kappa shape index (κ1) is 19.4. The summed E-state index contributed by atoms with van der Waals surface area (Å²) < 4.78 is 6.33. The summed E-state index contributed by atoms with van der Waals surface area (Å²) in [5.41, 5.74) is 0.663. The number of nitrogens with zero attached hydrogens (tertiary/aromatic N) is 2. The lowest BCUT2D eigenvalue weighted by molar-refractivity contribution is 0.0687. The topological polar surface area (TPSA) is 32.8 Å². The molecule has 3 aliphatic rings. The maximum atomic E-state index is 13.0. The van der Waals surface area contributed by atoms with Crippen molar-refractivity contribution in [2.75, 3.05) is 37.7 Å². The van der Waals surface area contributed by atoms with Gasteiger partial charge in [0.2, 0.25) is 0 Å². The van der Waals surface area contributed by atoms with Crippen LogP contribution in [0.4, 0.5) is 0 Å². The second-order valence-electron chi connectivity index (χ2n) is 7.86. The Kier molecular flexibility index (Phi) is 6.51. The largest absolute Gasteiger partial charge is 0.489 e. The lowest BCUT2D eigenvalue weighted by atomic mass is 10.0. The molecule has 4 nitrogen and oxygen atoms in total. The van der Waals surface area contributed by atoms with Crippen LogP contribution in [0.15, 0.2) is 18.2 Å². The molecule has 3 heterocycles. The average Bonchev–Trinajstić information content (AvgIpc) is 3.24. The van der Waals surface area contributed by atoms with Crippen LogP contribution in [0.2, 0.25) is 5.02 Å². The highest BCUT2D eigenvalue weighted by Crippen LogP contribution is 2.30. The maximum absolute atomic E-state index is 13.0. The number of amides is 1. The van der Waals surface area contributed by atoms with Gasteiger partial charge in [0, 0.05) is 43.0 Å². The second-order valence-corrected chi connectivity index (χ2v) is 9.45. The van der Waals surface area contributed by atoms with Gasteiger partial charge in [-0.05, 0) is 62.5 Å². The zero-order valence-electron chi connectivity index (χ0n) is 15.9. The first-order valence-corrected chi connectivity index (χ1v) is 11.8. The Hall–Kier alpha value is -0.910. The summed E-state index contributed by atoms with van der Waals surface area (Å²) in [4.78, 5) is 17.6. The molecular formula is C21H29ClN2O2S. The molecule has 1 atom stereocenters. The third-order valence-corrected chi connectivity index (χ3v) is 7.39. The summed E-state index contributed by atoms with van der Waals surface area (Å²) in [5, 5.41) is 0.626. The molecule has 0 aromatic heterocycles. The molecular weight excluding hydrogens is 380 g/mol. The Bertz CT molecular complexity index is 652. The van der Waals surface area contributed by atoms with E-state index >= 15 is 0 Å². The quantitative estimate of drug-likeness (QED) is 0.742. The number of likely N-dealkylation sites (tertiary alicyclic amines) is 2. The number of piperidine rings is 2. The summed E-state index contributed by atoms with van der Waals surface area (Å²) in [6.45, 7) is 3.87. The van der Waals surface area contributed by atoms with E-state index < -0.39 is 0 Å². The molecule has 27 heavy (non-hydrogen) atoms. The minimum atomic E-state index is 0.0850. The van der Waals surface area contributed by atoms with Gasteiger partial charge in [-0.3, -0.25) is 9.69 Å². The standard InChI is InChI=1S/C21H29ClN2O2S/c22-16-4-5-19(21(25)24-9-2-1-3-10-24)20(14-16)26-18-6-11-23(12-7-18)17-8-13-27-15-17/h4-5,14,17-18H,1-3,6-13,15H2/t17-/m0/s1. The van der Waals surface area contributed by atoms with E-state index in [0.29, 0.717) is 16.3 Å². The number of rotatable bonds is 4. The van der Waals surface area contributed by atoms with Crippen LogP contribution in [0.3, 0.4) is 0 Å². The Balaban J connectivity index is 1.41. The van der Waals surface area contributed by atoms with Gasteiger partial charge in [0.1, 0.15) is 11.9 Å². The van der Waals surface area contributed by atoms with Crippen LogP contribution < -0.4 is 4.74 Å². The van der Waals surface area contributed by atoms with Crippen molar-refractivity contribution in [3.8, 4) is 5.75 Å². The van der Waals surface area contributed by atoms with Gasteiger partial charge in [-0.25, -0.2) is 0 Å².